The van der Waals surface area contributed by atoms with E-state index in [4.69, 9.17) is 0 Å². The van der Waals surface area contributed by atoms with Crippen LogP contribution in [0.1, 0.15) is 96.8 Å². The second-order valence-corrected chi connectivity index (χ2v) is 11.4. The van der Waals surface area contributed by atoms with Gasteiger partial charge in [-0.1, -0.05) is 70.4 Å². The summed E-state index contributed by atoms with van der Waals surface area (Å²) in [4.78, 5) is 0. The Bertz CT molecular complexity index is 283. The van der Waals surface area contributed by atoms with Gasteiger partial charge in [-0.15, -0.1) is 0 Å². The molecule has 0 radical (unpaired) electrons. The molecular weight excluding hydrogens is 331 g/mol. The first-order chi connectivity index (χ1) is 12.2. The Morgan fingerprint density at radius 1 is 0.560 bits per heavy atom. The molecule has 0 aromatic carbocycles. The van der Waals surface area contributed by atoms with Crippen LogP contribution in [0.4, 0.5) is 0 Å². The molecule has 0 spiro atoms. The van der Waals surface area contributed by atoms with Gasteiger partial charge in [-0.25, -0.2) is 0 Å². The summed E-state index contributed by atoms with van der Waals surface area (Å²) in [6.45, 7) is 2.26. The van der Waals surface area contributed by atoms with Gasteiger partial charge in [-0.2, -0.15) is 0 Å². The van der Waals surface area contributed by atoms with Crippen LogP contribution in [-0.4, -0.2) is 40.5 Å². The Labute approximate surface area is 157 Å². The van der Waals surface area contributed by atoms with Crippen molar-refractivity contribution in [3.05, 3.63) is 12.2 Å². The Morgan fingerprint density at radius 2 is 0.960 bits per heavy atom. The van der Waals surface area contributed by atoms with Crippen molar-refractivity contribution in [2.45, 2.75) is 96.8 Å². The van der Waals surface area contributed by atoms with Gasteiger partial charge < -0.3 is 15.3 Å². The van der Waals surface area contributed by atoms with Gasteiger partial charge in [0.2, 0.25) is 0 Å². The fourth-order valence-electron chi connectivity index (χ4n) is 3.04. The molecule has 0 aliphatic carbocycles. The van der Waals surface area contributed by atoms with Crippen molar-refractivity contribution in [2.24, 2.45) is 0 Å². The van der Waals surface area contributed by atoms with E-state index in [2.05, 4.69) is 19.1 Å². The van der Waals surface area contributed by atoms with Crippen LogP contribution in [0.3, 0.4) is 0 Å². The molecule has 0 aromatic heterocycles. The average molecular weight is 376 g/mol. The number of hydrogen-bond donors (Lipinski definition) is 3. The van der Waals surface area contributed by atoms with E-state index in [1.165, 1.54) is 77.0 Å². The van der Waals surface area contributed by atoms with Crippen LogP contribution in [0.5, 0.6) is 0 Å². The summed E-state index contributed by atoms with van der Waals surface area (Å²) >= 11 is 0. The number of hydrogen-bond acceptors (Lipinski definition) is 3. The highest BCUT2D eigenvalue weighted by Gasteiger charge is 2.34. The van der Waals surface area contributed by atoms with E-state index >= 15 is 0 Å². The van der Waals surface area contributed by atoms with Crippen LogP contribution in [-0.2, 0) is 0 Å². The third-order valence-electron chi connectivity index (χ3n) is 5.04. The number of allylic oxidation sites excluding steroid dienone is 2. The van der Waals surface area contributed by atoms with Crippen molar-refractivity contribution in [2.75, 3.05) is 25.2 Å². The largest absolute Gasteiger partial charge is 0.362 e. The molecule has 0 aromatic rings. The maximum Gasteiger partial charge on any atom is 0.158 e. The Balaban J connectivity index is 3.32. The number of rotatable bonds is 19. The zero-order valence-corrected chi connectivity index (χ0v) is 17.6. The molecule has 0 rings (SSSR count). The molecule has 0 aliphatic rings. The van der Waals surface area contributed by atoms with Gasteiger partial charge in [-0.05, 0) is 38.5 Å². The summed E-state index contributed by atoms with van der Waals surface area (Å²) < 4.78 is 0. The topological polar surface area (TPSA) is 60.7 Å². The minimum atomic E-state index is -1.87. The summed E-state index contributed by atoms with van der Waals surface area (Å²) in [5.74, 6) is 0. The summed E-state index contributed by atoms with van der Waals surface area (Å²) in [7, 11) is -1.87. The molecule has 0 amide bonds. The Morgan fingerprint density at radius 3 is 1.40 bits per heavy atom. The molecule has 3 N–H and O–H groups in total. The lowest BCUT2D eigenvalue weighted by molar-refractivity contribution is 0.311. The Hall–Kier alpha value is 0.0500. The minimum absolute atomic E-state index is 0.0227. The van der Waals surface area contributed by atoms with E-state index in [-0.39, 0.29) is 19.0 Å². The molecule has 150 valence electrons. The van der Waals surface area contributed by atoms with Crippen LogP contribution >= 0.6 is 7.26 Å². The minimum Gasteiger partial charge on any atom is -0.362 e. The normalized spacial score (nSPS) is 12.3. The summed E-state index contributed by atoms with van der Waals surface area (Å²) in [5.41, 5.74) is 0. The van der Waals surface area contributed by atoms with Gasteiger partial charge in [0, 0.05) is 0 Å². The van der Waals surface area contributed by atoms with E-state index in [0.717, 1.165) is 19.0 Å². The van der Waals surface area contributed by atoms with Gasteiger partial charge in [0.05, 0.1) is 13.4 Å². The fourth-order valence-corrected chi connectivity index (χ4v) is 4.63. The van der Waals surface area contributed by atoms with E-state index in [0.29, 0.717) is 0 Å². The van der Waals surface area contributed by atoms with Crippen molar-refractivity contribution in [3.8, 4) is 0 Å². The molecule has 0 atom stereocenters. The first kappa shape index (κ1) is 25.1. The smallest absolute Gasteiger partial charge is 0.158 e. The van der Waals surface area contributed by atoms with Crippen LogP contribution in [0, 0.1) is 0 Å². The molecule has 0 fully saturated rings. The van der Waals surface area contributed by atoms with Crippen LogP contribution in [0.25, 0.3) is 0 Å². The van der Waals surface area contributed by atoms with Crippen molar-refractivity contribution in [1.82, 2.24) is 0 Å². The maximum atomic E-state index is 9.33. The first-order valence-corrected chi connectivity index (χ1v) is 13.1. The zero-order chi connectivity index (χ0) is 18.6. The molecule has 0 bridgehead atoms. The quantitative estimate of drug-likeness (QED) is 0.150. The number of aliphatic hydroxyl groups is 3. The SMILES string of the molecule is CCCCCCCCC=CCCCCCCCC[P+](CO)(CO)CO. The summed E-state index contributed by atoms with van der Waals surface area (Å²) in [6.07, 6.45) is 23.4. The lowest BCUT2D eigenvalue weighted by Crippen LogP contribution is -2.11. The highest BCUT2D eigenvalue weighted by Crippen LogP contribution is 2.56. The van der Waals surface area contributed by atoms with Gasteiger partial charge in [0.25, 0.3) is 0 Å². The summed E-state index contributed by atoms with van der Waals surface area (Å²) in [6, 6.07) is 0. The average Bonchev–Trinajstić information content (AvgIpc) is 2.65. The Kier molecular flexibility index (Phi) is 18.9. The molecule has 3 nitrogen and oxygen atoms in total. The maximum absolute atomic E-state index is 9.33. The molecule has 0 saturated carbocycles. The van der Waals surface area contributed by atoms with Crippen molar-refractivity contribution < 1.29 is 15.3 Å². The van der Waals surface area contributed by atoms with E-state index in [1.807, 2.05) is 0 Å². The highest BCUT2D eigenvalue weighted by molar-refractivity contribution is 7.75. The highest BCUT2D eigenvalue weighted by atomic mass is 31.2. The molecule has 0 saturated heterocycles. The van der Waals surface area contributed by atoms with Gasteiger partial charge in [0.15, 0.2) is 19.0 Å². The molecule has 0 aliphatic heterocycles. The van der Waals surface area contributed by atoms with Gasteiger partial charge in [0.1, 0.15) is 0 Å². The number of aliphatic hydroxyl groups excluding tert-OH is 3. The van der Waals surface area contributed by atoms with Crippen LogP contribution in [0.2, 0.25) is 0 Å². The predicted molar refractivity (Wildman–Crippen MR) is 112 cm³/mol. The molecule has 0 heterocycles. The predicted octanol–water partition coefficient (Wildman–Crippen LogP) is 5.89. The lowest BCUT2D eigenvalue weighted by atomic mass is 10.1. The third kappa shape index (κ3) is 14.9. The third-order valence-corrected chi connectivity index (χ3v) is 8.11. The molecule has 25 heavy (non-hydrogen) atoms. The second-order valence-electron chi connectivity index (χ2n) is 7.43. The van der Waals surface area contributed by atoms with E-state index < -0.39 is 7.26 Å². The van der Waals surface area contributed by atoms with Gasteiger partial charge in [-0.3, -0.25) is 0 Å². The van der Waals surface area contributed by atoms with Crippen molar-refractivity contribution >= 4 is 7.26 Å². The number of unbranched alkanes of at least 4 members (excludes halogenated alkanes) is 12. The van der Waals surface area contributed by atoms with Crippen LogP contribution < -0.4 is 0 Å². The molecule has 0 unspecified atom stereocenters. The monoisotopic (exact) mass is 375 g/mol. The van der Waals surface area contributed by atoms with Crippen LogP contribution in [0.15, 0.2) is 12.2 Å². The first-order valence-electron chi connectivity index (χ1n) is 10.6. The zero-order valence-electron chi connectivity index (χ0n) is 16.7. The van der Waals surface area contributed by atoms with Crippen molar-refractivity contribution in [1.29, 1.82) is 0 Å². The van der Waals surface area contributed by atoms with E-state index in [1.54, 1.807) is 0 Å². The van der Waals surface area contributed by atoms with Gasteiger partial charge >= 0.3 is 0 Å². The standard InChI is InChI=1S/C21H44O3P/c1-2-3-4-5-6-7-8-9-10-11-12-13-14-15-16-17-18-25(19-22,20-23)21-24/h9-10,22-24H,2-8,11-21H2,1H3/q+1. The fraction of sp³-hybridized carbons (Fsp3) is 0.905. The second kappa shape index (κ2) is 18.8. The van der Waals surface area contributed by atoms with E-state index in [9.17, 15) is 15.3 Å². The molecule has 4 heteroatoms. The van der Waals surface area contributed by atoms with Crippen molar-refractivity contribution in [3.63, 3.8) is 0 Å². The summed E-state index contributed by atoms with van der Waals surface area (Å²) in [5, 5.41) is 28.0. The lowest BCUT2D eigenvalue weighted by Gasteiger charge is -2.19. The molecular formula is C21H44O3P+.